The van der Waals surface area contributed by atoms with Gasteiger partial charge < -0.3 is 5.73 Å². The molecule has 104 valence electrons. The molecule has 1 unspecified atom stereocenters. The average molecular weight is 271 g/mol. The second-order valence-electron chi connectivity index (χ2n) is 4.81. The van der Waals surface area contributed by atoms with Gasteiger partial charge in [0.05, 0.1) is 23.3 Å². The zero-order valence-electron chi connectivity index (χ0n) is 11.4. The van der Waals surface area contributed by atoms with Gasteiger partial charge in [-0.15, -0.1) is 0 Å². The summed E-state index contributed by atoms with van der Waals surface area (Å²) in [5.41, 5.74) is 10.6. The normalized spacial score (nSPS) is 13.0. The van der Waals surface area contributed by atoms with Crippen molar-refractivity contribution >= 4 is 23.2 Å². The van der Waals surface area contributed by atoms with Gasteiger partial charge in [0.15, 0.2) is 0 Å². The molecule has 3 N–H and O–H groups in total. The van der Waals surface area contributed by atoms with E-state index in [0.29, 0.717) is 0 Å². The van der Waals surface area contributed by atoms with Crippen molar-refractivity contribution in [2.75, 3.05) is 0 Å². The number of fused-ring (bicyclic) bond motifs is 1. The molecule has 2 rings (SSSR count). The fraction of sp³-hybridized carbons (Fsp3) is 0.286. The number of aromatic nitrogens is 2. The van der Waals surface area contributed by atoms with Crippen LogP contribution < -0.4 is 11.2 Å². The third-order valence-electron chi connectivity index (χ3n) is 2.90. The monoisotopic (exact) mass is 271 g/mol. The van der Waals surface area contributed by atoms with Gasteiger partial charge in [-0.05, 0) is 23.6 Å². The van der Waals surface area contributed by atoms with E-state index in [4.69, 9.17) is 5.73 Å². The zero-order chi connectivity index (χ0) is 14.5. The topological polar surface area (TPSA) is 93.3 Å². The van der Waals surface area contributed by atoms with E-state index < -0.39 is 6.04 Å². The maximum atomic E-state index is 11.6. The number of carbonyl (C=O) groups is 1. The SMILES string of the molecule is CC(C)C(N)C(=O)NN=Cc1ccc2nccnc2c1. The number of benzene rings is 1. The minimum atomic E-state index is -0.561. The Kier molecular flexibility index (Phi) is 4.37. The number of hydrazone groups is 1. The smallest absolute Gasteiger partial charge is 0.257 e. The van der Waals surface area contributed by atoms with Crippen LogP contribution in [0.4, 0.5) is 0 Å². The summed E-state index contributed by atoms with van der Waals surface area (Å²) in [6.45, 7) is 3.77. The highest BCUT2D eigenvalue weighted by molar-refractivity contribution is 5.88. The quantitative estimate of drug-likeness (QED) is 0.642. The molecule has 0 saturated carbocycles. The zero-order valence-corrected chi connectivity index (χ0v) is 11.4. The van der Waals surface area contributed by atoms with Crippen LogP contribution in [0.1, 0.15) is 19.4 Å². The van der Waals surface area contributed by atoms with Crippen molar-refractivity contribution in [2.24, 2.45) is 16.8 Å². The minimum Gasteiger partial charge on any atom is -0.320 e. The summed E-state index contributed by atoms with van der Waals surface area (Å²) in [6, 6.07) is 5.00. The summed E-state index contributed by atoms with van der Waals surface area (Å²) in [6.07, 6.45) is 4.83. The van der Waals surface area contributed by atoms with Crippen molar-refractivity contribution in [1.82, 2.24) is 15.4 Å². The van der Waals surface area contributed by atoms with Crippen LogP contribution in [0.3, 0.4) is 0 Å². The molecule has 0 bridgehead atoms. The molecule has 1 aromatic carbocycles. The first-order valence-corrected chi connectivity index (χ1v) is 6.37. The first kappa shape index (κ1) is 14.1. The summed E-state index contributed by atoms with van der Waals surface area (Å²) in [5, 5.41) is 3.90. The van der Waals surface area contributed by atoms with Gasteiger partial charge in [0, 0.05) is 12.4 Å². The molecule has 0 aliphatic carbocycles. The summed E-state index contributed by atoms with van der Waals surface area (Å²) in [7, 11) is 0. The fourth-order valence-corrected chi connectivity index (χ4v) is 1.61. The van der Waals surface area contributed by atoms with Gasteiger partial charge >= 0.3 is 0 Å². The standard InChI is InChI=1S/C14H17N5O/c1-9(2)13(15)14(20)19-18-8-10-3-4-11-12(7-10)17-6-5-16-11/h3-9,13H,15H2,1-2H3,(H,19,20). The lowest BCUT2D eigenvalue weighted by atomic mass is 10.1. The number of carbonyl (C=O) groups excluding carboxylic acids is 1. The molecular weight excluding hydrogens is 254 g/mol. The maximum absolute atomic E-state index is 11.6. The first-order valence-electron chi connectivity index (χ1n) is 6.37. The Morgan fingerprint density at radius 3 is 2.70 bits per heavy atom. The Bertz CT molecular complexity index is 638. The molecule has 0 aliphatic rings. The van der Waals surface area contributed by atoms with Gasteiger partial charge in [-0.1, -0.05) is 19.9 Å². The molecule has 0 saturated heterocycles. The minimum absolute atomic E-state index is 0.0705. The molecule has 0 fully saturated rings. The summed E-state index contributed by atoms with van der Waals surface area (Å²) in [4.78, 5) is 20.0. The number of nitrogens with two attached hydrogens (primary N) is 1. The highest BCUT2D eigenvalue weighted by atomic mass is 16.2. The van der Waals surface area contributed by atoms with Crippen molar-refractivity contribution in [3.63, 3.8) is 0 Å². The van der Waals surface area contributed by atoms with Crippen LogP contribution in [-0.4, -0.2) is 28.1 Å². The van der Waals surface area contributed by atoms with E-state index in [0.717, 1.165) is 16.6 Å². The molecule has 1 aromatic heterocycles. The Morgan fingerprint density at radius 2 is 2.00 bits per heavy atom. The van der Waals surface area contributed by atoms with Crippen molar-refractivity contribution in [3.05, 3.63) is 36.2 Å². The number of rotatable bonds is 4. The number of nitrogens with one attached hydrogen (secondary N) is 1. The Hall–Kier alpha value is -2.34. The summed E-state index contributed by atoms with van der Waals surface area (Å²) in [5.74, 6) is -0.224. The van der Waals surface area contributed by atoms with E-state index >= 15 is 0 Å². The van der Waals surface area contributed by atoms with Gasteiger partial charge in [-0.25, -0.2) is 5.43 Å². The molecule has 0 spiro atoms. The van der Waals surface area contributed by atoms with Gasteiger partial charge in [0.1, 0.15) is 0 Å². The Labute approximate surface area is 117 Å². The lowest BCUT2D eigenvalue weighted by Gasteiger charge is -2.12. The fourth-order valence-electron chi connectivity index (χ4n) is 1.61. The molecule has 1 amide bonds. The third-order valence-corrected chi connectivity index (χ3v) is 2.90. The van der Waals surface area contributed by atoms with Gasteiger partial charge in [-0.3, -0.25) is 14.8 Å². The lowest BCUT2D eigenvalue weighted by molar-refractivity contribution is -0.123. The maximum Gasteiger partial charge on any atom is 0.257 e. The van der Waals surface area contributed by atoms with E-state index in [2.05, 4.69) is 20.5 Å². The van der Waals surface area contributed by atoms with Crippen LogP contribution >= 0.6 is 0 Å². The Morgan fingerprint density at radius 1 is 1.30 bits per heavy atom. The van der Waals surface area contributed by atoms with E-state index in [-0.39, 0.29) is 11.8 Å². The molecule has 6 nitrogen and oxygen atoms in total. The highest BCUT2D eigenvalue weighted by Gasteiger charge is 2.15. The lowest BCUT2D eigenvalue weighted by Crippen LogP contribution is -2.42. The van der Waals surface area contributed by atoms with Crippen LogP contribution in [-0.2, 0) is 4.79 Å². The van der Waals surface area contributed by atoms with E-state index in [1.807, 2.05) is 32.0 Å². The first-order chi connectivity index (χ1) is 9.58. The van der Waals surface area contributed by atoms with E-state index in [9.17, 15) is 4.79 Å². The molecular formula is C14H17N5O. The number of hydrogen-bond acceptors (Lipinski definition) is 5. The van der Waals surface area contributed by atoms with Crippen molar-refractivity contribution in [2.45, 2.75) is 19.9 Å². The number of amides is 1. The van der Waals surface area contributed by atoms with Crippen molar-refractivity contribution in [1.29, 1.82) is 0 Å². The molecule has 20 heavy (non-hydrogen) atoms. The summed E-state index contributed by atoms with van der Waals surface area (Å²) >= 11 is 0. The predicted octanol–water partition coefficient (Wildman–Crippen LogP) is 1.06. The summed E-state index contributed by atoms with van der Waals surface area (Å²) < 4.78 is 0. The third kappa shape index (κ3) is 3.36. The molecule has 1 heterocycles. The molecule has 0 radical (unpaired) electrons. The highest BCUT2D eigenvalue weighted by Crippen LogP contribution is 2.09. The number of hydrogen-bond donors (Lipinski definition) is 2. The van der Waals surface area contributed by atoms with Gasteiger partial charge in [0.25, 0.3) is 5.91 Å². The van der Waals surface area contributed by atoms with Crippen LogP contribution in [0.15, 0.2) is 35.7 Å². The molecule has 2 aromatic rings. The van der Waals surface area contributed by atoms with Crippen LogP contribution in [0, 0.1) is 5.92 Å². The van der Waals surface area contributed by atoms with Gasteiger partial charge in [0.2, 0.25) is 0 Å². The Balaban J connectivity index is 2.04. The van der Waals surface area contributed by atoms with Crippen LogP contribution in [0.2, 0.25) is 0 Å². The molecule has 1 atom stereocenters. The second-order valence-corrected chi connectivity index (χ2v) is 4.81. The second kappa shape index (κ2) is 6.21. The molecule has 0 aliphatic heterocycles. The van der Waals surface area contributed by atoms with E-state index in [1.165, 1.54) is 0 Å². The van der Waals surface area contributed by atoms with Gasteiger partial charge in [-0.2, -0.15) is 5.10 Å². The van der Waals surface area contributed by atoms with Crippen molar-refractivity contribution < 1.29 is 4.79 Å². The number of nitrogens with zero attached hydrogens (tertiary/aromatic N) is 3. The van der Waals surface area contributed by atoms with Crippen LogP contribution in [0.25, 0.3) is 11.0 Å². The van der Waals surface area contributed by atoms with Crippen molar-refractivity contribution in [3.8, 4) is 0 Å². The largest absolute Gasteiger partial charge is 0.320 e. The predicted molar refractivity (Wildman–Crippen MR) is 78.1 cm³/mol. The average Bonchev–Trinajstić information content (AvgIpc) is 2.46. The molecule has 6 heteroatoms. The van der Waals surface area contributed by atoms with Crippen LogP contribution in [0.5, 0.6) is 0 Å². The van der Waals surface area contributed by atoms with E-state index in [1.54, 1.807) is 18.6 Å².